The van der Waals surface area contributed by atoms with Gasteiger partial charge in [-0.2, -0.15) is 8.42 Å². The van der Waals surface area contributed by atoms with Gasteiger partial charge in [0.1, 0.15) is 4.90 Å². The molecule has 0 aromatic heterocycles. The van der Waals surface area contributed by atoms with E-state index in [0.29, 0.717) is 5.56 Å². The number of halogens is 2. The van der Waals surface area contributed by atoms with Gasteiger partial charge in [0.05, 0.1) is 5.02 Å². The zero-order valence-electron chi connectivity index (χ0n) is 6.87. The highest BCUT2D eigenvalue weighted by Crippen LogP contribution is 2.29. The molecule has 0 aliphatic rings. The van der Waals surface area contributed by atoms with Crippen LogP contribution in [0.1, 0.15) is 5.56 Å². The molecule has 0 saturated carbocycles. The Labute approximate surface area is 91.7 Å². The first kappa shape index (κ1) is 11.5. The number of rotatable bonds is 2. The van der Waals surface area contributed by atoms with Crippen molar-refractivity contribution in [3.05, 3.63) is 34.3 Å². The first-order valence-electron chi connectivity index (χ1n) is 3.45. The van der Waals surface area contributed by atoms with E-state index in [1.807, 2.05) is 0 Å². The van der Waals surface area contributed by atoms with Crippen LogP contribution < -0.4 is 0 Å². The average molecular weight is 253 g/mol. The molecule has 0 aliphatic carbocycles. The van der Waals surface area contributed by atoms with Gasteiger partial charge < -0.3 is 0 Å². The predicted molar refractivity (Wildman–Crippen MR) is 56.4 cm³/mol. The summed E-state index contributed by atoms with van der Waals surface area (Å²) in [5.41, 5.74) is 0.354. The zero-order chi connectivity index (χ0) is 10.9. The molecule has 1 aromatic carbocycles. The lowest BCUT2D eigenvalue weighted by molar-refractivity contribution is 0.483. The van der Waals surface area contributed by atoms with Crippen molar-refractivity contribution in [1.29, 1.82) is 0 Å². The van der Waals surface area contributed by atoms with E-state index in [-0.39, 0.29) is 10.0 Å². The topological polar surface area (TPSA) is 54.4 Å². The minimum Gasteiger partial charge on any atom is -0.282 e. The van der Waals surface area contributed by atoms with Gasteiger partial charge in [-0.15, -0.1) is 0 Å². The SMILES string of the molecule is C=Cc1cc(Cl)cc(S(=O)(=O)O)c1Cl. The van der Waals surface area contributed by atoms with E-state index in [1.165, 1.54) is 12.1 Å². The highest BCUT2D eigenvalue weighted by molar-refractivity contribution is 7.86. The third-order valence-electron chi connectivity index (χ3n) is 1.53. The van der Waals surface area contributed by atoms with Gasteiger partial charge in [-0.1, -0.05) is 35.9 Å². The smallest absolute Gasteiger partial charge is 0.282 e. The van der Waals surface area contributed by atoms with Crippen molar-refractivity contribution >= 4 is 39.4 Å². The maximum atomic E-state index is 10.9. The van der Waals surface area contributed by atoms with Crippen LogP contribution in [0.5, 0.6) is 0 Å². The van der Waals surface area contributed by atoms with Gasteiger partial charge in [-0.3, -0.25) is 4.55 Å². The van der Waals surface area contributed by atoms with E-state index < -0.39 is 15.0 Å². The molecule has 0 unspecified atom stereocenters. The summed E-state index contributed by atoms with van der Waals surface area (Å²) in [6.45, 7) is 3.44. The predicted octanol–water partition coefficient (Wildman–Crippen LogP) is 2.88. The minimum atomic E-state index is -4.35. The molecular formula is C8H6Cl2O3S. The van der Waals surface area contributed by atoms with E-state index in [4.69, 9.17) is 27.8 Å². The van der Waals surface area contributed by atoms with Crippen LogP contribution in [0.25, 0.3) is 6.08 Å². The number of hydrogen-bond donors (Lipinski definition) is 1. The highest BCUT2D eigenvalue weighted by Gasteiger charge is 2.17. The Bertz CT molecular complexity index is 480. The molecule has 76 valence electrons. The summed E-state index contributed by atoms with van der Waals surface area (Å²) in [5, 5.41) is 0.0730. The van der Waals surface area contributed by atoms with Gasteiger partial charge in [-0.05, 0) is 17.7 Å². The van der Waals surface area contributed by atoms with Crippen LogP contribution in [-0.4, -0.2) is 13.0 Å². The van der Waals surface area contributed by atoms with Gasteiger partial charge in [0, 0.05) is 5.02 Å². The van der Waals surface area contributed by atoms with Crippen LogP contribution in [0.2, 0.25) is 10.0 Å². The quantitative estimate of drug-likeness (QED) is 0.824. The van der Waals surface area contributed by atoms with E-state index in [1.54, 1.807) is 0 Å². The van der Waals surface area contributed by atoms with Gasteiger partial charge in [0.15, 0.2) is 0 Å². The second kappa shape index (κ2) is 3.90. The largest absolute Gasteiger partial charge is 0.296 e. The number of hydrogen-bond acceptors (Lipinski definition) is 2. The molecule has 0 fully saturated rings. The summed E-state index contributed by atoms with van der Waals surface area (Å²) in [7, 11) is -4.35. The maximum absolute atomic E-state index is 10.9. The lowest BCUT2D eigenvalue weighted by Crippen LogP contribution is -2.00. The molecule has 1 N–H and O–H groups in total. The van der Waals surface area contributed by atoms with E-state index >= 15 is 0 Å². The Morgan fingerprint density at radius 1 is 1.36 bits per heavy atom. The molecule has 0 heterocycles. The lowest BCUT2D eigenvalue weighted by Gasteiger charge is -2.04. The second-order valence-corrected chi connectivity index (χ2v) is 4.69. The van der Waals surface area contributed by atoms with Crippen LogP contribution >= 0.6 is 23.2 Å². The Hall–Kier alpha value is -0.550. The van der Waals surface area contributed by atoms with Crippen molar-refractivity contribution in [1.82, 2.24) is 0 Å². The summed E-state index contributed by atoms with van der Waals surface area (Å²) in [5.74, 6) is 0. The van der Waals surface area contributed by atoms with Gasteiger partial charge >= 0.3 is 0 Å². The normalized spacial score (nSPS) is 11.4. The monoisotopic (exact) mass is 252 g/mol. The minimum absolute atomic E-state index is 0.0908. The first-order chi connectivity index (χ1) is 6.36. The third-order valence-corrected chi connectivity index (χ3v) is 3.16. The van der Waals surface area contributed by atoms with Gasteiger partial charge in [0.25, 0.3) is 10.1 Å². The fourth-order valence-corrected chi connectivity index (χ4v) is 2.31. The fourth-order valence-electron chi connectivity index (χ4n) is 0.921. The van der Waals surface area contributed by atoms with E-state index in [9.17, 15) is 8.42 Å². The van der Waals surface area contributed by atoms with Gasteiger partial charge in [0.2, 0.25) is 0 Å². The molecule has 0 aliphatic heterocycles. The molecule has 0 atom stereocenters. The summed E-state index contributed by atoms with van der Waals surface area (Å²) >= 11 is 11.3. The zero-order valence-corrected chi connectivity index (χ0v) is 9.20. The molecule has 14 heavy (non-hydrogen) atoms. The molecule has 0 bridgehead atoms. The van der Waals surface area contributed by atoms with Crippen molar-refractivity contribution in [2.75, 3.05) is 0 Å². The average Bonchev–Trinajstić information content (AvgIpc) is 2.06. The van der Waals surface area contributed by atoms with Crippen molar-refractivity contribution < 1.29 is 13.0 Å². The van der Waals surface area contributed by atoms with E-state index in [2.05, 4.69) is 6.58 Å². The molecule has 3 nitrogen and oxygen atoms in total. The van der Waals surface area contributed by atoms with Crippen molar-refractivity contribution in [3.8, 4) is 0 Å². The van der Waals surface area contributed by atoms with Crippen molar-refractivity contribution in [2.24, 2.45) is 0 Å². The Morgan fingerprint density at radius 2 is 1.93 bits per heavy atom. The van der Waals surface area contributed by atoms with Crippen molar-refractivity contribution in [3.63, 3.8) is 0 Å². The summed E-state index contributed by atoms with van der Waals surface area (Å²) in [4.78, 5) is -0.415. The summed E-state index contributed by atoms with van der Waals surface area (Å²) in [6, 6.07) is 2.53. The Kier molecular flexibility index (Phi) is 3.21. The molecule has 0 amide bonds. The third kappa shape index (κ3) is 2.27. The van der Waals surface area contributed by atoms with Gasteiger partial charge in [-0.25, -0.2) is 0 Å². The number of benzene rings is 1. The van der Waals surface area contributed by atoms with Crippen LogP contribution in [0.15, 0.2) is 23.6 Å². The molecule has 0 radical (unpaired) electrons. The van der Waals surface area contributed by atoms with Crippen LogP contribution in [0.4, 0.5) is 0 Å². The molecule has 1 aromatic rings. The molecule has 1 rings (SSSR count). The van der Waals surface area contributed by atoms with Crippen LogP contribution in [0.3, 0.4) is 0 Å². The fraction of sp³-hybridized carbons (Fsp3) is 0. The molecular weight excluding hydrogens is 247 g/mol. The molecule has 0 spiro atoms. The maximum Gasteiger partial charge on any atom is 0.296 e. The Balaban J connectivity index is 3.61. The Morgan fingerprint density at radius 3 is 2.36 bits per heavy atom. The molecule has 6 heteroatoms. The summed E-state index contributed by atoms with van der Waals surface area (Å²) in [6.07, 6.45) is 1.35. The summed E-state index contributed by atoms with van der Waals surface area (Å²) < 4.78 is 30.5. The standard InChI is InChI=1S/C8H6Cl2O3S/c1-2-5-3-6(9)4-7(8(5)10)14(11,12)13/h2-4H,1H2,(H,11,12,13). The first-order valence-corrected chi connectivity index (χ1v) is 5.65. The molecule has 0 saturated heterocycles. The van der Waals surface area contributed by atoms with E-state index in [0.717, 1.165) is 6.07 Å². The second-order valence-electron chi connectivity index (χ2n) is 2.49. The van der Waals surface area contributed by atoms with Crippen molar-refractivity contribution in [2.45, 2.75) is 4.90 Å². The lowest BCUT2D eigenvalue weighted by atomic mass is 10.2. The highest BCUT2D eigenvalue weighted by atomic mass is 35.5. The van der Waals surface area contributed by atoms with Crippen LogP contribution in [-0.2, 0) is 10.1 Å². The van der Waals surface area contributed by atoms with Crippen LogP contribution in [0, 0.1) is 0 Å².